The molecule has 6 heteroatoms. The van der Waals surface area contributed by atoms with Crippen LogP contribution in [0.2, 0.25) is 10.0 Å². The van der Waals surface area contributed by atoms with Gasteiger partial charge in [0.15, 0.2) is 0 Å². The van der Waals surface area contributed by atoms with Crippen LogP contribution in [0.1, 0.15) is 12.5 Å². The Morgan fingerprint density at radius 3 is 2.79 bits per heavy atom. The van der Waals surface area contributed by atoms with Crippen LogP contribution in [-0.2, 0) is 10.5 Å². The molecule has 0 fully saturated rings. The average molecular weight is 321 g/mol. The van der Waals surface area contributed by atoms with Crippen molar-refractivity contribution in [3.63, 3.8) is 0 Å². The van der Waals surface area contributed by atoms with Crippen LogP contribution in [0.3, 0.4) is 0 Å². The Hall–Kier alpha value is -0.420. The maximum atomic E-state index is 11.6. The van der Waals surface area contributed by atoms with Gasteiger partial charge in [0.25, 0.3) is 0 Å². The van der Waals surface area contributed by atoms with Crippen LogP contribution in [0, 0.1) is 0 Å². The standard InChI is InChI=1S/C13H18Cl2N2OS/c1-9(16-2)6-17-13(18)8-19-7-10-3-4-11(14)5-12(10)15/h3-5,9,16H,6-8H2,1-2H3,(H,17,18). The molecule has 0 aliphatic rings. The number of hydrogen-bond donors (Lipinski definition) is 2. The average Bonchev–Trinajstić information content (AvgIpc) is 2.38. The van der Waals surface area contributed by atoms with E-state index in [1.807, 2.05) is 20.0 Å². The summed E-state index contributed by atoms with van der Waals surface area (Å²) in [5, 5.41) is 7.20. The van der Waals surface area contributed by atoms with Gasteiger partial charge in [-0.15, -0.1) is 11.8 Å². The number of rotatable bonds is 7. The molecule has 1 aromatic carbocycles. The molecule has 0 heterocycles. The molecule has 0 saturated carbocycles. The van der Waals surface area contributed by atoms with E-state index in [1.54, 1.807) is 12.1 Å². The lowest BCUT2D eigenvalue weighted by molar-refractivity contribution is -0.118. The topological polar surface area (TPSA) is 41.1 Å². The number of carbonyl (C=O) groups is 1. The third-order valence-electron chi connectivity index (χ3n) is 2.60. The SMILES string of the molecule is CNC(C)CNC(=O)CSCc1ccc(Cl)cc1Cl. The highest BCUT2D eigenvalue weighted by Crippen LogP contribution is 2.24. The minimum Gasteiger partial charge on any atom is -0.354 e. The predicted molar refractivity (Wildman–Crippen MR) is 84.2 cm³/mol. The first kappa shape index (κ1) is 16.6. The van der Waals surface area contributed by atoms with Gasteiger partial charge in [-0.25, -0.2) is 0 Å². The summed E-state index contributed by atoms with van der Waals surface area (Å²) < 4.78 is 0. The first-order valence-electron chi connectivity index (χ1n) is 5.98. The molecule has 1 rings (SSSR count). The zero-order valence-electron chi connectivity index (χ0n) is 11.0. The van der Waals surface area contributed by atoms with E-state index in [2.05, 4.69) is 10.6 Å². The molecule has 0 saturated heterocycles. The Labute approximate surface area is 128 Å². The highest BCUT2D eigenvalue weighted by atomic mass is 35.5. The lowest BCUT2D eigenvalue weighted by atomic mass is 10.2. The Bertz CT molecular complexity index is 429. The van der Waals surface area contributed by atoms with Crippen molar-refractivity contribution in [3.05, 3.63) is 33.8 Å². The van der Waals surface area contributed by atoms with Gasteiger partial charge >= 0.3 is 0 Å². The number of hydrogen-bond acceptors (Lipinski definition) is 3. The van der Waals surface area contributed by atoms with Crippen LogP contribution in [-0.4, -0.2) is 31.3 Å². The van der Waals surface area contributed by atoms with Gasteiger partial charge < -0.3 is 10.6 Å². The second-order valence-electron chi connectivity index (χ2n) is 4.22. The summed E-state index contributed by atoms with van der Waals surface area (Å²) in [4.78, 5) is 11.6. The predicted octanol–water partition coefficient (Wildman–Crippen LogP) is 2.95. The third kappa shape index (κ3) is 6.52. The van der Waals surface area contributed by atoms with E-state index in [1.165, 1.54) is 11.8 Å². The van der Waals surface area contributed by atoms with Crippen LogP contribution < -0.4 is 10.6 Å². The maximum Gasteiger partial charge on any atom is 0.230 e. The van der Waals surface area contributed by atoms with Crippen LogP contribution in [0.5, 0.6) is 0 Å². The Balaban J connectivity index is 2.28. The molecule has 1 atom stereocenters. The van der Waals surface area contributed by atoms with Gasteiger partial charge in [-0.3, -0.25) is 4.79 Å². The number of amides is 1. The largest absolute Gasteiger partial charge is 0.354 e. The third-order valence-corrected chi connectivity index (χ3v) is 4.17. The molecule has 0 bridgehead atoms. The zero-order valence-corrected chi connectivity index (χ0v) is 13.3. The fourth-order valence-electron chi connectivity index (χ4n) is 1.31. The van der Waals surface area contributed by atoms with Gasteiger partial charge in [0.1, 0.15) is 0 Å². The Morgan fingerprint density at radius 2 is 2.16 bits per heavy atom. The normalized spacial score (nSPS) is 12.2. The van der Waals surface area contributed by atoms with Crippen molar-refractivity contribution in [2.75, 3.05) is 19.3 Å². The minimum atomic E-state index is 0.0391. The molecule has 0 radical (unpaired) electrons. The van der Waals surface area contributed by atoms with E-state index in [4.69, 9.17) is 23.2 Å². The molecule has 106 valence electrons. The number of nitrogens with one attached hydrogen (secondary N) is 2. The summed E-state index contributed by atoms with van der Waals surface area (Å²) in [6, 6.07) is 5.68. The fraction of sp³-hybridized carbons (Fsp3) is 0.462. The van der Waals surface area contributed by atoms with Crippen molar-refractivity contribution in [2.45, 2.75) is 18.7 Å². The quantitative estimate of drug-likeness (QED) is 0.811. The summed E-state index contributed by atoms with van der Waals surface area (Å²) in [6.07, 6.45) is 0. The monoisotopic (exact) mass is 320 g/mol. The molecule has 1 unspecified atom stereocenters. The smallest absolute Gasteiger partial charge is 0.230 e. The minimum absolute atomic E-state index is 0.0391. The number of halogens is 2. The number of carbonyl (C=O) groups excluding carboxylic acids is 1. The molecule has 1 amide bonds. The van der Waals surface area contributed by atoms with Gasteiger partial charge in [-0.2, -0.15) is 0 Å². The number of likely N-dealkylation sites (N-methyl/N-ethyl adjacent to an activating group) is 1. The summed E-state index contributed by atoms with van der Waals surface area (Å²) >= 11 is 13.4. The number of benzene rings is 1. The van der Waals surface area contributed by atoms with E-state index >= 15 is 0 Å². The maximum absolute atomic E-state index is 11.6. The summed E-state index contributed by atoms with van der Waals surface area (Å²) in [6.45, 7) is 2.65. The first-order chi connectivity index (χ1) is 9.02. The molecular formula is C13H18Cl2N2OS. The Morgan fingerprint density at radius 1 is 1.42 bits per heavy atom. The lowest BCUT2D eigenvalue weighted by Crippen LogP contribution is -2.37. The van der Waals surface area contributed by atoms with Crippen LogP contribution in [0.25, 0.3) is 0 Å². The van der Waals surface area contributed by atoms with E-state index < -0.39 is 0 Å². The molecule has 0 aliphatic carbocycles. The van der Waals surface area contributed by atoms with Gasteiger partial charge in [0.05, 0.1) is 5.75 Å². The van der Waals surface area contributed by atoms with Crippen LogP contribution in [0.4, 0.5) is 0 Å². The van der Waals surface area contributed by atoms with E-state index in [0.29, 0.717) is 28.1 Å². The van der Waals surface area contributed by atoms with Crippen LogP contribution in [0.15, 0.2) is 18.2 Å². The summed E-state index contributed by atoms with van der Waals surface area (Å²) in [5.74, 6) is 1.16. The number of thioether (sulfide) groups is 1. The molecule has 0 aromatic heterocycles. The van der Waals surface area contributed by atoms with E-state index in [0.717, 1.165) is 5.56 Å². The second-order valence-corrected chi connectivity index (χ2v) is 6.05. The van der Waals surface area contributed by atoms with Crippen molar-refractivity contribution < 1.29 is 4.79 Å². The summed E-state index contributed by atoms with van der Waals surface area (Å²) in [7, 11) is 1.87. The highest BCUT2D eigenvalue weighted by Gasteiger charge is 2.06. The Kier molecular flexibility index (Phi) is 7.61. The van der Waals surface area contributed by atoms with Gasteiger partial charge in [-0.1, -0.05) is 29.3 Å². The molecule has 3 nitrogen and oxygen atoms in total. The van der Waals surface area contributed by atoms with Crippen LogP contribution >= 0.6 is 35.0 Å². The first-order valence-corrected chi connectivity index (χ1v) is 7.89. The molecule has 1 aromatic rings. The second kappa shape index (κ2) is 8.69. The van der Waals surface area contributed by atoms with Crippen molar-refractivity contribution in [1.29, 1.82) is 0 Å². The highest BCUT2D eigenvalue weighted by molar-refractivity contribution is 7.99. The van der Waals surface area contributed by atoms with Gasteiger partial charge in [-0.05, 0) is 31.7 Å². The van der Waals surface area contributed by atoms with Crippen molar-refractivity contribution in [3.8, 4) is 0 Å². The van der Waals surface area contributed by atoms with Crippen molar-refractivity contribution in [2.24, 2.45) is 0 Å². The molecule has 0 spiro atoms. The molecule has 2 N–H and O–H groups in total. The fourth-order valence-corrected chi connectivity index (χ4v) is 2.73. The summed E-state index contributed by atoms with van der Waals surface area (Å²) in [5.41, 5.74) is 0.993. The van der Waals surface area contributed by atoms with E-state index in [-0.39, 0.29) is 11.9 Å². The zero-order chi connectivity index (χ0) is 14.3. The van der Waals surface area contributed by atoms with Crippen molar-refractivity contribution >= 4 is 40.9 Å². The van der Waals surface area contributed by atoms with Crippen molar-refractivity contribution in [1.82, 2.24) is 10.6 Å². The van der Waals surface area contributed by atoms with Gasteiger partial charge in [0, 0.05) is 28.4 Å². The van der Waals surface area contributed by atoms with E-state index in [9.17, 15) is 4.79 Å². The van der Waals surface area contributed by atoms with Gasteiger partial charge in [0.2, 0.25) is 5.91 Å². The molecule has 19 heavy (non-hydrogen) atoms. The molecule has 0 aliphatic heterocycles. The lowest BCUT2D eigenvalue weighted by Gasteiger charge is -2.11. The molecular weight excluding hydrogens is 303 g/mol.